The number of hydrogen-bond acceptors (Lipinski definition) is 4. The summed E-state index contributed by atoms with van der Waals surface area (Å²) < 4.78 is 0. The summed E-state index contributed by atoms with van der Waals surface area (Å²) in [4.78, 5) is 6.82. The number of nitrogens with zero attached hydrogens (tertiary/aromatic N) is 2. The quantitative estimate of drug-likeness (QED) is 0.354. The molecule has 4 nitrogen and oxygen atoms in total. The van der Waals surface area contributed by atoms with E-state index in [4.69, 9.17) is 16.6 Å². The third-order valence-electron chi connectivity index (χ3n) is 6.14. The Labute approximate surface area is 214 Å². The molecule has 3 aromatic rings. The number of aryl methyl sites for hydroxylation is 1. The summed E-state index contributed by atoms with van der Waals surface area (Å²) in [5, 5.41) is 21.9. The summed E-state index contributed by atoms with van der Waals surface area (Å²) in [6.45, 7) is 15.2. The van der Waals surface area contributed by atoms with Crippen molar-refractivity contribution in [3.05, 3.63) is 81.4 Å². The lowest BCUT2D eigenvalue weighted by molar-refractivity contribution is 0.444. The van der Waals surface area contributed by atoms with Crippen molar-refractivity contribution in [2.75, 3.05) is 11.9 Å². The van der Waals surface area contributed by atoms with Gasteiger partial charge in [0.15, 0.2) is 0 Å². The first-order valence-electron chi connectivity index (χ1n) is 11.9. The molecule has 0 bridgehead atoms. The van der Waals surface area contributed by atoms with Gasteiger partial charge < -0.3 is 15.1 Å². The summed E-state index contributed by atoms with van der Waals surface area (Å²) in [5.74, 6) is 0.364. The molecule has 0 radical (unpaired) electrons. The lowest BCUT2D eigenvalue weighted by Crippen LogP contribution is -2.17. The van der Waals surface area contributed by atoms with E-state index in [1.54, 1.807) is 12.3 Å². The third kappa shape index (κ3) is 6.18. The molecule has 0 atom stereocenters. The van der Waals surface area contributed by atoms with Gasteiger partial charge in [-0.1, -0.05) is 77.4 Å². The van der Waals surface area contributed by atoms with E-state index in [9.17, 15) is 10.2 Å². The molecular weight excluding hydrogens is 456 g/mol. The van der Waals surface area contributed by atoms with Crippen LogP contribution in [0.3, 0.4) is 0 Å². The summed E-state index contributed by atoms with van der Waals surface area (Å²) >= 11 is 6.19. The fourth-order valence-electron chi connectivity index (χ4n) is 4.06. The van der Waals surface area contributed by atoms with Gasteiger partial charge in [-0.3, -0.25) is 4.99 Å². The fraction of sp³-hybridized carbons (Fsp3) is 0.367. The minimum absolute atomic E-state index is 0.0640. The molecule has 0 fully saturated rings. The Morgan fingerprint density at radius 3 is 2.20 bits per heavy atom. The van der Waals surface area contributed by atoms with E-state index in [1.807, 2.05) is 55.3 Å². The van der Waals surface area contributed by atoms with Crippen LogP contribution >= 0.6 is 11.6 Å². The highest BCUT2D eigenvalue weighted by Gasteiger charge is 2.24. The second-order valence-electron chi connectivity index (χ2n) is 11.3. The highest BCUT2D eigenvalue weighted by Crippen LogP contribution is 2.38. The fourth-order valence-corrected chi connectivity index (χ4v) is 4.36. The van der Waals surface area contributed by atoms with Gasteiger partial charge in [0.05, 0.1) is 16.4 Å². The zero-order valence-electron chi connectivity index (χ0n) is 22.1. The largest absolute Gasteiger partial charge is 0.507 e. The van der Waals surface area contributed by atoms with Crippen molar-refractivity contribution in [1.82, 2.24) is 0 Å². The first-order chi connectivity index (χ1) is 16.2. The van der Waals surface area contributed by atoms with E-state index in [2.05, 4.69) is 47.6 Å². The van der Waals surface area contributed by atoms with Crippen molar-refractivity contribution < 1.29 is 10.2 Å². The third-order valence-corrected chi connectivity index (χ3v) is 6.43. The molecule has 5 heteroatoms. The van der Waals surface area contributed by atoms with E-state index in [-0.39, 0.29) is 22.3 Å². The predicted molar refractivity (Wildman–Crippen MR) is 149 cm³/mol. The van der Waals surface area contributed by atoms with E-state index in [1.165, 1.54) is 0 Å². The van der Waals surface area contributed by atoms with Crippen LogP contribution in [0, 0.1) is 6.92 Å². The highest BCUT2D eigenvalue weighted by molar-refractivity contribution is 6.32. The highest BCUT2D eigenvalue weighted by atomic mass is 35.5. The van der Waals surface area contributed by atoms with Gasteiger partial charge in [-0.15, -0.1) is 0 Å². The lowest BCUT2D eigenvalue weighted by atomic mass is 9.79. The second kappa shape index (κ2) is 9.94. The van der Waals surface area contributed by atoms with Crippen LogP contribution in [-0.2, 0) is 17.4 Å². The van der Waals surface area contributed by atoms with Crippen LogP contribution in [0.2, 0.25) is 5.02 Å². The van der Waals surface area contributed by atoms with Gasteiger partial charge in [0.2, 0.25) is 0 Å². The van der Waals surface area contributed by atoms with Crippen molar-refractivity contribution in [3.8, 4) is 11.5 Å². The monoisotopic (exact) mass is 492 g/mol. The zero-order chi connectivity index (χ0) is 26.1. The van der Waals surface area contributed by atoms with Gasteiger partial charge in [-0.2, -0.15) is 0 Å². The molecule has 0 saturated carbocycles. The molecule has 2 N–H and O–H groups in total. The Hall–Kier alpha value is -2.98. The summed E-state index contributed by atoms with van der Waals surface area (Å²) in [6, 6.07) is 15.7. The van der Waals surface area contributed by atoms with E-state index in [0.29, 0.717) is 17.1 Å². The number of benzene rings is 3. The van der Waals surface area contributed by atoms with Gasteiger partial charge in [0, 0.05) is 36.5 Å². The Morgan fingerprint density at radius 2 is 1.57 bits per heavy atom. The maximum absolute atomic E-state index is 11.1. The predicted octanol–water partition coefficient (Wildman–Crippen LogP) is 8.04. The van der Waals surface area contributed by atoms with E-state index < -0.39 is 0 Å². The maximum atomic E-state index is 11.1. The van der Waals surface area contributed by atoms with Crippen LogP contribution in [0.4, 0.5) is 11.4 Å². The van der Waals surface area contributed by atoms with Crippen molar-refractivity contribution in [2.24, 2.45) is 4.99 Å². The molecule has 0 unspecified atom stereocenters. The normalized spacial score (nSPS) is 12.4. The van der Waals surface area contributed by atoms with Crippen molar-refractivity contribution in [1.29, 1.82) is 0 Å². The van der Waals surface area contributed by atoms with Gasteiger partial charge in [-0.05, 0) is 53.1 Å². The summed E-state index contributed by atoms with van der Waals surface area (Å²) in [7, 11) is 1.96. The minimum Gasteiger partial charge on any atom is -0.507 e. The van der Waals surface area contributed by atoms with E-state index in [0.717, 1.165) is 33.6 Å². The van der Waals surface area contributed by atoms with Gasteiger partial charge in [0.1, 0.15) is 11.5 Å². The Morgan fingerprint density at radius 1 is 0.914 bits per heavy atom. The molecule has 0 aliphatic carbocycles. The van der Waals surface area contributed by atoms with Crippen LogP contribution in [0.25, 0.3) is 0 Å². The van der Waals surface area contributed by atoms with Gasteiger partial charge >= 0.3 is 0 Å². The smallest absolute Gasteiger partial charge is 0.139 e. The standard InChI is InChI=1S/C30H37ClN2O2/c1-19-13-21(28(35)24(31)14-19)18-33(8)26-12-10-9-11-25(26)32-17-20-15-22(29(2,3)4)16-23(27(20)34)30(5,6)7/h9-17,34-35H,18H2,1-8H3. The van der Waals surface area contributed by atoms with Crippen LogP contribution in [0.5, 0.6) is 11.5 Å². The number of halogens is 1. The number of aromatic hydroxyl groups is 2. The second-order valence-corrected chi connectivity index (χ2v) is 11.7. The number of anilines is 1. The molecule has 0 saturated heterocycles. The SMILES string of the molecule is Cc1cc(Cl)c(O)c(CN(C)c2ccccc2N=Cc2cc(C(C)(C)C)cc(C(C)(C)C)c2O)c1. The Kier molecular flexibility index (Phi) is 7.56. The summed E-state index contributed by atoms with van der Waals surface area (Å²) in [5.41, 5.74) is 5.90. The van der Waals surface area contributed by atoms with Gasteiger partial charge in [-0.25, -0.2) is 0 Å². The van der Waals surface area contributed by atoms with Crippen LogP contribution in [0.1, 0.15) is 69.4 Å². The molecule has 0 aliphatic heterocycles. The van der Waals surface area contributed by atoms with Crippen LogP contribution < -0.4 is 4.90 Å². The molecule has 3 rings (SSSR count). The average molecular weight is 493 g/mol. The number of phenols is 2. The number of para-hydroxylation sites is 2. The number of aliphatic imine (C=N–C) groups is 1. The average Bonchev–Trinajstić information content (AvgIpc) is 2.75. The number of rotatable bonds is 5. The molecule has 0 amide bonds. The first-order valence-corrected chi connectivity index (χ1v) is 12.3. The molecule has 0 aliphatic rings. The first kappa shape index (κ1) is 26.6. The lowest BCUT2D eigenvalue weighted by Gasteiger charge is -2.27. The molecule has 186 valence electrons. The molecule has 0 aromatic heterocycles. The molecule has 3 aromatic carbocycles. The molecule has 0 spiro atoms. The summed E-state index contributed by atoms with van der Waals surface area (Å²) in [6.07, 6.45) is 1.74. The topological polar surface area (TPSA) is 56.1 Å². The zero-order valence-corrected chi connectivity index (χ0v) is 22.8. The number of phenolic OH excluding ortho intramolecular Hbond substituents is 2. The maximum Gasteiger partial charge on any atom is 0.139 e. The van der Waals surface area contributed by atoms with Crippen molar-refractivity contribution in [3.63, 3.8) is 0 Å². The molecular formula is C30H37ClN2O2. The van der Waals surface area contributed by atoms with Crippen LogP contribution in [0.15, 0.2) is 53.5 Å². The van der Waals surface area contributed by atoms with Crippen molar-refractivity contribution >= 4 is 29.2 Å². The molecule has 35 heavy (non-hydrogen) atoms. The minimum atomic E-state index is -0.205. The Bertz CT molecular complexity index is 1250. The number of hydrogen-bond donors (Lipinski definition) is 2. The molecule has 0 heterocycles. The Balaban J connectivity index is 2.01. The van der Waals surface area contributed by atoms with Crippen molar-refractivity contribution in [2.45, 2.75) is 65.8 Å². The van der Waals surface area contributed by atoms with Crippen LogP contribution in [-0.4, -0.2) is 23.5 Å². The van der Waals surface area contributed by atoms with E-state index >= 15 is 0 Å². The van der Waals surface area contributed by atoms with Gasteiger partial charge in [0.25, 0.3) is 0 Å².